The molecule has 1 aliphatic carbocycles. The molecule has 4 nitrogen and oxygen atoms in total. The zero-order valence-electron chi connectivity index (χ0n) is 14.2. The fourth-order valence-electron chi connectivity index (χ4n) is 3.73. The van der Waals surface area contributed by atoms with Crippen LogP contribution in [0.25, 0.3) is 0 Å². The lowest BCUT2D eigenvalue weighted by Gasteiger charge is -2.38. The monoisotopic (exact) mass is 317 g/mol. The summed E-state index contributed by atoms with van der Waals surface area (Å²) in [5.74, 6) is 2.21. The first kappa shape index (κ1) is 16.2. The largest absolute Gasteiger partial charge is 0.454 e. The summed E-state index contributed by atoms with van der Waals surface area (Å²) in [5, 5.41) is 3.18. The van der Waals surface area contributed by atoms with Gasteiger partial charge in [0.25, 0.3) is 0 Å². The molecule has 4 heteroatoms. The van der Waals surface area contributed by atoms with Gasteiger partial charge in [-0.1, -0.05) is 39.2 Å². The summed E-state index contributed by atoms with van der Waals surface area (Å²) in [5.41, 5.74) is 1.30. The molecule has 3 rings (SSSR count). The molecule has 0 radical (unpaired) electrons. The molecular weight excluding hydrogens is 290 g/mol. The summed E-state index contributed by atoms with van der Waals surface area (Å²) in [6.45, 7) is 5.18. The van der Waals surface area contributed by atoms with Crippen LogP contribution in [0.3, 0.4) is 0 Å². The Labute approximate surface area is 138 Å². The zero-order chi connectivity index (χ0) is 16.3. The SMILES string of the molecule is CC(C)CC(=O)NCC1(c2ccc3c(c2)OCO3)CCCCC1. The number of benzene rings is 1. The minimum Gasteiger partial charge on any atom is -0.454 e. The maximum Gasteiger partial charge on any atom is 0.231 e. The fourth-order valence-corrected chi connectivity index (χ4v) is 3.73. The smallest absolute Gasteiger partial charge is 0.231 e. The van der Waals surface area contributed by atoms with Gasteiger partial charge in [0.15, 0.2) is 11.5 Å². The highest BCUT2D eigenvalue weighted by molar-refractivity contribution is 5.76. The molecule has 0 aromatic heterocycles. The predicted octanol–water partition coefficient (Wildman–Crippen LogP) is 3.78. The molecule has 1 aromatic rings. The van der Waals surface area contributed by atoms with Crippen molar-refractivity contribution in [1.29, 1.82) is 0 Å². The van der Waals surface area contributed by atoms with Gasteiger partial charge in [0.05, 0.1) is 0 Å². The van der Waals surface area contributed by atoms with Crippen LogP contribution in [0.5, 0.6) is 11.5 Å². The van der Waals surface area contributed by atoms with Crippen LogP contribution in [0.15, 0.2) is 18.2 Å². The first-order valence-corrected chi connectivity index (χ1v) is 8.76. The minimum atomic E-state index is 0.0336. The first-order valence-electron chi connectivity index (χ1n) is 8.76. The molecule has 126 valence electrons. The number of nitrogens with one attached hydrogen (secondary N) is 1. The molecule has 1 heterocycles. The lowest BCUT2D eigenvalue weighted by molar-refractivity contribution is -0.122. The van der Waals surface area contributed by atoms with Gasteiger partial charge in [0.1, 0.15) is 0 Å². The quantitative estimate of drug-likeness (QED) is 0.899. The Hall–Kier alpha value is -1.71. The second-order valence-corrected chi connectivity index (χ2v) is 7.28. The summed E-state index contributed by atoms with van der Waals surface area (Å²) in [4.78, 5) is 12.1. The highest BCUT2D eigenvalue weighted by atomic mass is 16.7. The second kappa shape index (κ2) is 6.81. The summed E-state index contributed by atoms with van der Waals surface area (Å²) in [6, 6.07) is 6.26. The van der Waals surface area contributed by atoms with Gasteiger partial charge in [0.2, 0.25) is 12.7 Å². The van der Waals surface area contributed by atoms with E-state index in [0.717, 1.165) is 30.9 Å². The van der Waals surface area contributed by atoms with Gasteiger partial charge in [-0.05, 0) is 36.5 Å². The highest BCUT2D eigenvalue weighted by Gasteiger charge is 2.35. The van der Waals surface area contributed by atoms with Crippen molar-refractivity contribution in [3.63, 3.8) is 0 Å². The van der Waals surface area contributed by atoms with Gasteiger partial charge < -0.3 is 14.8 Å². The number of rotatable bonds is 5. The van der Waals surface area contributed by atoms with Crippen molar-refractivity contribution in [2.45, 2.75) is 57.8 Å². The molecule has 1 aromatic carbocycles. The molecule has 0 unspecified atom stereocenters. The van der Waals surface area contributed by atoms with E-state index in [1.165, 1.54) is 24.8 Å². The molecule has 1 saturated carbocycles. The van der Waals surface area contributed by atoms with Crippen molar-refractivity contribution < 1.29 is 14.3 Å². The van der Waals surface area contributed by atoms with E-state index in [-0.39, 0.29) is 11.3 Å². The lowest BCUT2D eigenvalue weighted by atomic mass is 9.69. The van der Waals surface area contributed by atoms with Crippen LogP contribution in [0, 0.1) is 5.92 Å². The molecule has 0 bridgehead atoms. The number of amides is 1. The van der Waals surface area contributed by atoms with Gasteiger partial charge in [-0.2, -0.15) is 0 Å². The van der Waals surface area contributed by atoms with Crippen LogP contribution in [0.4, 0.5) is 0 Å². The number of hydrogen-bond donors (Lipinski definition) is 1. The van der Waals surface area contributed by atoms with E-state index >= 15 is 0 Å². The third-order valence-electron chi connectivity index (χ3n) is 5.01. The molecule has 1 fully saturated rings. The summed E-state index contributed by atoms with van der Waals surface area (Å²) < 4.78 is 11.0. The van der Waals surface area contributed by atoms with Gasteiger partial charge in [-0.15, -0.1) is 0 Å². The maximum atomic E-state index is 12.1. The van der Waals surface area contributed by atoms with Crippen molar-refractivity contribution in [3.05, 3.63) is 23.8 Å². The molecule has 1 N–H and O–H groups in total. The number of ether oxygens (including phenoxy) is 2. The highest BCUT2D eigenvalue weighted by Crippen LogP contribution is 2.43. The summed E-state index contributed by atoms with van der Waals surface area (Å²) >= 11 is 0. The standard InChI is InChI=1S/C19H27NO3/c1-14(2)10-18(21)20-12-19(8-4-3-5-9-19)15-6-7-16-17(11-15)23-13-22-16/h6-7,11,14H,3-5,8-10,12-13H2,1-2H3,(H,20,21). The molecule has 1 aliphatic heterocycles. The van der Waals surface area contributed by atoms with E-state index in [4.69, 9.17) is 9.47 Å². The van der Waals surface area contributed by atoms with Crippen LogP contribution >= 0.6 is 0 Å². The van der Waals surface area contributed by atoms with Crippen molar-refractivity contribution in [1.82, 2.24) is 5.32 Å². The Kier molecular flexibility index (Phi) is 4.79. The molecule has 0 spiro atoms. The molecule has 0 saturated heterocycles. The topological polar surface area (TPSA) is 47.6 Å². The van der Waals surface area contributed by atoms with E-state index in [0.29, 0.717) is 19.1 Å². The Morgan fingerprint density at radius 2 is 1.91 bits per heavy atom. The molecule has 2 aliphatic rings. The molecule has 0 atom stereocenters. The number of fused-ring (bicyclic) bond motifs is 1. The van der Waals surface area contributed by atoms with Crippen LogP contribution in [0.1, 0.15) is 57.9 Å². The number of carbonyl (C=O) groups excluding carboxylic acids is 1. The van der Waals surface area contributed by atoms with Gasteiger partial charge in [-0.3, -0.25) is 4.79 Å². The predicted molar refractivity (Wildman–Crippen MR) is 89.8 cm³/mol. The van der Waals surface area contributed by atoms with E-state index in [1.54, 1.807) is 0 Å². The van der Waals surface area contributed by atoms with Crippen molar-refractivity contribution in [2.75, 3.05) is 13.3 Å². The first-order chi connectivity index (χ1) is 11.1. The van der Waals surface area contributed by atoms with Crippen molar-refractivity contribution in [2.24, 2.45) is 5.92 Å². The van der Waals surface area contributed by atoms with Crippen molar-refractivity contribution in [3.8, 4) is 11.5 Å². The Morgan fingerprint density at radius 1 is 1.17 bits per heavy atom. The van der Waals surface area contributed by atoms with E-state index in [9.17, 15) is 4.79 Å². The van der Waals surface area contributed by atoms with Crippen LogP contribution in [0.2, 0.25) is 0 Å². The summed E-state index contributed by atoms with van der Waals surface area (Å²) in [7, 11) is 0. The number of carbonyl (C=O) groups is 1. The third-order valence-corrected chi connectivity index (χ3v) is 5.01. The van der Waals surface area contributed by atoms with Gasteiger partial charge in [0, 0.05) is 18.4 Å². The average molecular weight is 317 g/mol. The third kappa shape index (κ3) is 3.62. The van der Waals surface area contributed by atoms with Gasteiger partial charge >= 0.3 is 0 Å². The maximum absolute atomic E-state index is 12.1. The average Bonchev–Trinajstić information content (AvgIpc) is 3.01. The van der Waals surface area contributed by atoms with Gasteiger partial charge in [-0.25, -0.2) is 0 Å². The minimum absolute atomic E-state index is 0.0336. The Bertz CT molecular complexity index is 562. The zero-order valence-corrected chi connectivity index (χ0v) is 14.2. The van der Waals surface area contributed by atoms with Crippen LogP contribution in [-0.2, 0) is 10.2 Å². The van der Waals surface area contributed by atoms with E-state index in [2.05, 4.69) is 31.3 Å². The normalized spacial score (nSPS) is 18.9. The van der Waals surface area contributed by atoms with Crippen molar-refractivity contribution >= 4 is 5.91 Å². The fraction of sp³-hybridized carbons (Fsp3) is 0.632. The Morgan fingerprint density at radius 3 is 2.65 bits per heavy atom. The molecular formula is C19H27NO3. The number of hydrogen-bond acceptors (Lipinski definition) is 3. The second-order valence-electron chi connectivity index (χ2n) is 7.28. The molecule has 1 amide bonds. The van der Waals surface area contributed by atoms with E-state index < -0.39 is 0 Å². The lowest BCUT2D eigenvalue weighted by Crippen LogP contribution is -2.42. The molecule has 23 heavy (non-hydrogen) atoms. The Balaban J connectivity index is 1.78. The van der Waals surface area contributed by atoms with Crippen LogP contribution in [-0.4, -0.2) is 19.2 Å². The van der Waals surface area contributed by atoms with Crippen LogP contribution < -0.4 is 14.8 Å². The summed E-state index contributed by atoms with van der Waals surface area (Å²) in [6.07, 6.45) is 6.55. The van der Waals surface area contributed by atoms with E-state index in [1.807, 2.05) is 6.07 Å².